The van der Waals surface area contributed by atoms with Gasteiger partial charge in [-0.2, -0.15) is 0 Å². The molecule has 0 aromatic carbocycles. The number of anilines is 1. The molecule has 80 valence electrons. The van der Waals surface area contributed by atoms with E-state index in [4.69, 9.17) is 9.47 Å². The second-order valence-electron chi connectivity index (χ2n) is 3.97. The van der Waals surface area contributed by atoms with Crippen molar-refractivity contribution in [2.75, 3.05) is 24.7 Å². The van der Waals surface area contributed by atoms with Crippen molar-refractivity contribution in [1.29, 1.82) is 0 Å². The van der Waals surface area contributed by atoms with Crippen LogP contribution in [0.5, 0.6) is 5.75 Å². The molecule has 1 fully saturated rings. The highest BCUT2D eigenvalue weighted by Gasteiger charge is 2.35. The Morgan fingerprint density at radius 2 is 2.33 bits per heavy atom. The predicted octanol–water partition coefficient (Wildman–Crippen LogP) is 0.463. The van der Waals surface area contributed by atoms with Crippen LogP contribution in [0.3, 0.4) is 0 Å². The topological polar surface area (TPSA) is 47.5 Å². The van der Waals surface area contributed by atoms with Gasteiger partial charge in [-0.3, -0.25) is 0 Å². The van der Waals surface area contributed by atoms with Crippen LogP contribution < -0.4 is 9.64 Å². The summed E-state index contributed by atoms with van der Waals surface area (Å²) in [6.45, 7) is 4.27. The van der Waals surface area contributed by atoms with Crippen LogP contribution in [-0.4, -0.2) is 41.9 Å². The molecule has 0 spiro atoms. The van der Waals surface area contributed by atoms with E-state index in [1.54, 1.807) is 12.5 Å². The summed E-state index contributed by atoms with van der Waals surface area (Å²) < 4.78 is 11.1. The van der Waals surface area contributed by atoms with E-state index >= 15 is 0 Å². The fourth-order valence-electron chi connectivity index (χ4n) is 2.20. The lowest BCUT2D eigenvalue weighted by Gasteiger charge is -2.44. The molecule has 2 atom stereocenters. The van der Waals surface area contributed by atoms with Gasteiger partial charge in [0.1, 0.15) is 12.9 Å². The second kappa shape index (κ2) is 3.34. The average molecular weight is 207 g/mol. The standard InChI is InChI=1S/C10H13N3O2/c1-7-3-14-4-8-5-15-9-2-11-6-12-10(9)13(7)8/h2,6-8H,3-5H2,1H3. The summed E-state index contributed by atoms with van der Waals surface area (Å²) in [4.78, 5) is 10.5. The first-order chi connectivity index (χ1) is 7.36. The van der Waals surface area contributed by atoms with E-state index in [2.05, 4.69) is 21.8 Å². The minimum Gasteiger partial charge on any atom is -0.486 e. The molecule has 2 aliphatic rings. The van der Waals surface area contributed by atoms with Gasteiger partial charge in [0.25, 0.3) is 0 Å². The third-order valence-electron chi connectivity index (χ3n) is 2.87. The van der Waals surface area contributed by atoms with Gasteiger partial charge in [-0.25, -0.2) is 9.97 Å². The van der Waals surface area contributed by atoms with Crippen molar-refractivity contribution in [1.82, 2.24) is 9.97 Å². The Balaban J connectivity index is 2.02. The number of fused-ring (bicyclic) bond motifs is 3. The van der Waals surface area contributed by atoms with Gasteiger partial charge >= 0.3 is 0 Å². The third-order valence-corrected chi connectivity index (χ3v) is 2.87. The predicted molar refractivity (Wildman–Crippen MR) is 54.1 cm³/mol. The van der Waals surface area contributed by atoms with Gasteiger partial charge in [0, 0.05) is 0 Å². The van der Waals surface area contributed by atoms with E-state index < -0.39 is 0 Å². The number of morpholine rings is 1. The molecule has 2 unspecified atom stereocenters. The first-order valence-corrected chi connectivity index (χ1v) is 5.15. The number of ether oxygens (including phenoxy) is 2. The van der Waals surface area contributed by atoms with Crippen LogP contribution in [0.2, 0.25) is 0 Å². The van der Waals surface area contributed by atoms with Crippen molar-refractivity contribution < 1.29 is 9.47 Å². The zero-order chi connectivity index (χ0) is 10.3. The summed E-state index contributed by atoms with van der Waals surface area (Å²) in [6, 6.07) is 0.637. The molecule has 1 aromatic rings. The quantitative estimate of drug-likeness (QED) is 0.618. The van der Waals surface area contributed by atoms with Gasteiger partial charge < -0.3 is 14.4 Å². The van der Waals surface area contributed by atoms with Gasteiger partial charge in [-0.15, -0.1) is 0 Å². The Kier molecular flexibility index (Phi) is 1.98. The molecule has 5 nitrogen and oxygen atoms in total. The molecular weight excluding hydrogens is 194 g/mol. The maximum atomic E-state index is 5.59. The first-order valence-electron chi connectivity index (χ1n) is 5.15. The number of aromatic nitrogens is 2. The Morgan fingerprint density at radius 1 is 1.40 bits per heavy atom. The van der Waals surface area contributed by atoms with Crippen LogP contribution in [0.4, 0.5) is 5.82 Å². The molecule has 2 aliphatic heterocycles. The Bertz CT molecular complexity index is 371. The molecule has 1 saturated heterocycles. The van der Waals surface area contributed by atoms with Crippen LogP contribution >= 0.6 is 0 Å². The molecular formula is C10H13N3O2. The maximum absolute atomic E-state index is 5.59. The summed E-state index contributed by atoms with van der Waals surface area (Å²) in [5, 5.41) is 0. The van der Waals surface area contributed by atoms with Crippen molar-refractivity contribution in [3.63, 3.8) is 0 Å². The molecule has 0 radical (unpaired) electrons. The largest absolute Gasteiger partial charge is 0.486 e. The van der Waals surface area contributed by atoms with Crippen LogP contribution in [0.1, 0.15) is 6.92 Å². The van der Waals surface area contributed by atoms with Gasteiger partial charge in [0.05, 0.1) is 31.5 Å². The second-order valence-corrected chi connectivity index (χ2v) is 3.97. The highest BCUT2D eigenvalue weighted by atomic mass is 16.5. The average Bonchev–Trinajstić information content (AvgIpc) is 2.29. The van der Waals surface area contributed by atoms with Crippen molar-refractivity contribution in [3.05, 3.63) is 12.5 Å². The Morgan fingerprint density at radius 3 is 3.27 bits per heavy atom. The minimum absolute atomic E-state index is 0.288. The van der Waals surface area contributed by atoms with Crippen LogP contribution in [-0.2, 0) is 4.74 Å². The molecule has 15 heavy (non-hydrogen) atoms. The van der Waals surface area contributed by atoms with E-state index in [9.17, 15) is 0 Å². The number of nitrogens with zero attached hydrogens (tertiary/aromatic N) is 3. The van der Waals surface area contributed by atoms with Crippen LogP contribution in [0.15, 0.2) is 12.5 Å². The summed E-state index contributed by atoms with van der Waals surface area (Å²) in [5.41, 5.74) is 0. The van der Waals surface area contributed by atoms with E-state index in [1.165, 1.54) is 0 Å². The lowest BCUT2D eigenvalue weighted by molar-refractivity contribution is 0.0486. The molecule has 3 heterocycles. The normalized spacial score (nSPS) is 29.0. The monoisotopic (exact) mass is 207 g/mol. The fourth-order valence-corrected chi connectivity index (χ4v) is 2.20. The molecule has 0 amide bonds. The summed E-state index contributed by atoms with van der Waals surface area (Å²) >= 11 is 0. The number of hydrogen-bond acceptors (Lipinski definition) is 5. The van der Waals surface area contributed by atoms with Gasteiger partial charge in [-0.05, 0) is 6.92 Å². The third kappa shape index (κ3) is 1.34. The van der Waals surface area contributed by atoms with Crippen LogP contribution in [0.25, 0.3) is 0 Å². The van der Waals surface area contributed by atoms with E-state index in [0.717, 1.165) is 18.2 Å². The van der Waals surface area contributed by atoms with Crippen molar-refractivity contribution in [2.45, 2.75) is 19.0 Å². The number of hydrogen-bond donors (Lipinski definition) is 0. The van der Waals surface area contributed by atoms with Gasteiger partial charge in [-0.1, -0.05) is 0 Å². The lowest BCUT2D eigenvalue weighted by Crippen LogP contribution is -2.56. The Labute approximate surface area is 88.0 Å². The smallest absolute Gasteiger partial charge is 0.180 e. The molecule has 0 bridgehead atoms. The zero-order valence-corrected chi connectivity index (χ0v) is 8.59. The van der Waals surface area contributed by atoms with Crippen molar-refractivity contribution in [2.24, 2.45) is 0 Å². The van der Waals surface area contributed by atoms with Crippen LogP contribution in [0, 0.1) is 0 Å². The van der Waals surface area contributed by atoms with Gasteiger partial charge in [0.15, 0.2) is 11.6 Å². The SMILES string of the molecule is CC1COCC2COc3cncnc3N12. The first kappa shape index (κ1) is 8.91. The summed E-state index contributed by atoms with van der Waals surface area (Å²) in [7, 11) is 0. The van der Waals surface area contributed by atoms with Gasteiger partial charge in [0.2, 0.25) is 0 Å². The molecule has 3 rings (SSSR count). The fraction of sp³-hybridized carbons (Fsp3) is 0.600. The highest BCUT2D eigenvalue weighted by molar-refractivity contribution is 5.54. The summed E-state index contributed by atoms with van der Waals surface area (Å²) in [5.74, 6) is 1.68. The van der Waals surface area contributed by atoms with Crippen molar-refractivity contribution in [3.8, 4) is 5.75 Å². The molecule has 0 aliphatic carbocycles. The van der Waals surface area contributed by atoms with E-state index in [1.807, 2.05) is 0 Å². The Hall–Kier alpha value is -1.36. The molecule has 5 heteroatoms. The minimum atomic E-state index is 0.288. The highest BCUT2D eigenvalue weighted by Crippen LogP contribution is 2.33. The molecule has 1 aromatic heterocycles. The molecule has 0 N–H and O–H groups in total. The zero-order valence-electron chi connectivity index (χ0n) is 8.59. The van der Waals surface area contributed by atoms with Crippen molar-refractivity contribution >= 4 is 5.82 Å². The molecule has 0 saturated carbocycles. The number of rotatable bonds is 0. The lowest BCUT2D eigenvalue weighted by atomic mass is 10.1. The summed E-state index contributed by atoms with van der Waals surface area (Å²) in [6.07, 6.45) is 3.29. The maximum Gasteiger partial charge on any atom is 0.180 e. The van der Waals surface area contributed by atoms with E-state index in [0.29, 0.717) is 19.3 Å². The van der Waals surface area contributed by atoms with E-state index in [-0.39, 0.29) is 6.04 Å².